The fourth-order valence-electron chi connectivity index (χ4n) is 4.28. The number of nitrogens with zero attached hydrogens (tertiary/aromatic N) is 5. The molecule has 2 aromatic heterocycles. The molecular formula is C17H20N6O. The van der Waals surface area contributed by atoms with Crippen LogP contribution < -0.4 is 4.90 Å². The van der Waals surface area contributed by atoms with E-state index in [-0.39, 0.29) is 12.3 Å². The van der Waals surface area contributed by atoms with Crippen LogP contribution in [0.4, 0.5) is 5.82 Å². The summed E-state index contributed by atoms with van der Waals surface area (Å²) in [5.74, 6) is 2.00. The quantitative estimate of drug-likeness (QED) is 0.925. The summed E-state index contributed by atoms with van der Waals surface area (Å²) in [6.45, 7) is 1.58. The number of anilines is 1. The highest BCUT2D eigenvalue weighted by Gasteiger charge is 2.43. The van der Waals surface area contributed by atoms with E-state index in [1.54, 1.807) is 6.33 Å². The molecule has 3 atom stereocenters. The minimum Gasteiger partial charge on any atom is -0.356 e. The molecule has 124 valence electrons. The minimum absolute atomic E-state index is 0.00478. The molecule has 0 aromatic carbocycles. The van der Waals surface area contributed by atoms with Gasteiger partial charge in [-0.05, 0) is 30.7 Å². The van der Waals surface area contributed by atoms with Crippen LogP contribution in [0.3, 0.4) is 0 Å². The number of fused-ring (bicyclic) bond motifs is 2. The number of nitrogens with one attached hydrogen (secondary N) is 1. The highest BCUT2D eigenvalue weighted by molar-refractivity contribution is 5.87. The van der Waals surface area contributed by atoms with Crippen LogP contribution >= 0.6 is 0 Å². The molecule has 1 aliphatic carbocycles. The molecule has 2 aliphatic rings. The number of aromatic nitrogens is 3. The van der Waals surface area contributed by atoms with Crippen molar-refractivity contribution in [2.45, 2.75) is 25.3 Å². The molecule has 1 aliphatic heterocycles. The van der Waals surface area contributed by atoms with E-state index in [2.05, 4.69) is 26.9 Å². The van der Waals surface area contributed by atoms with E-state index in [0.29, 0.717) is 17.9 Å². The Kier molecular flexibility index (Phi) is 3.60. The van der Waals surface area contributed by atoms with E-state index in [4.69, 9.17) is 5.26 Å². The van der Waals surface area contributed by atoms with Gasteiger partial charge in [0.15, 0.2) is 0 Å². The van der Waals surface area contributed by atoms with E-state index >= 15 is 0 Å². The number of hydrogen-bond acceptors (Lipinski definition) is 5. The average Bonchev–Trinajstić information content (AvgIpc) is 3.27. The SMILES string of the molecule is CN(c1ncnc2[nH]ccc12)C1C[C@@H]2CN(C(=O)CC#N)C[C@@H]2C1. The van der Waals surface area contributed by atoms with Gasteiger partial charge in [0.2, 0.25) is 5.91 Å². The van der Waals surface area contributed by atoms with Crippen molar-refractivity contribution in [2.24, 2.45) is 11.8 Å². The van der Waals surface area contributed by atoms with Gasteiger partial charge in [-0.1, -0.05) is 0 Å². The Hall–Kier alpha value is -2.62. The van der Waals surface area contributed by atoms with Crippen molar-refractivity contribution >= 4 is 22.8 Å². The van der Waals surface area contributed by atoms with Crippen molar-refractivity contribution in [1.82, 2.24) is 19.9 Å². The Labute approximate surface area is 140 Å². The summed E-state index contributed by atoms with van der Waals surface area (Å²) in [6.07, 6.45) is 5.61. The number of likely N-dealkylation sites (tertiary alicyclic amines) is 1. The molecule has 1 amide bonds. The maximum absolute atomic E-state index is 11.9. The Morgan fingerprint density at radius 1 is 1.42 bits per heavy atom. The van der Waals surface area contributed by atoms with Crippen molar-refractivity contribution < 1.29 is 4.79 Å². The number of carbonyl (C=O) groups is 1. The molecule has 7 heteroatoms. The highest BCUT2D eigenvalue weighted by atomic mass is 16.2. The van der Waals surface area contributed by atoms with Gasteiger partial charge in [0.05, 0.1) is 11.5 Å². The summed E-state index contributed by atoms with van der Waals surface area (Å²) >= 11 is 0. The summed E-state index contributed by atoms with van der Waals surface area (Å²) in [6, 6.07) is 4.40. The van der Waals surface area contributed by atoms with Crippen LogP contribution in [0.25, 0.3) is 11.0 Å². The zero-order valence-electron chi connectivity index (χ0n) is 13.6. The monoisotopic (exact) mass is 324 g/mol. The lowest BCUT2D eigenvalue weighted by atomic mass is 10.0. The van der Waals surface area contributed by atoms with Crippen molar-refractivity contribution in [1.29, 1.82) is 5.26 Å². The molecule has 1 N–H and O–H groups in total. The fraction of sp³-hybridized carbons (Fsp3) is 0.529. The van der Waals surface area contributed by atoms with Gasteiger partial charge in [-0.3, -0.25) is 4.79 Å². The van der Waals surface area contributed by atoms with Gasteiger partial charge in [0.25, 0.3) is 0 Å². The average molecular weight is 324 g/mol. The first-order valence-electron chi connectivity index (χ1n) is 8.33. The summed E-state index contributed by atoms with van der Waals surface area (Å²) in [5, 5.41) is 9.74. The summed E-state index contributed by atoms with van der Waals surface area (Å²) in [5.41, 5.74) is 0.860. The maximum atomic E-state index is 11.9. The topological polar surface area (TPSA) is 88.9 Å². The normalized spacial score (nSPS) is 25.7. The van der Waals surface area contributed by atoms with Gasteiger partial charge in [0.1, 0.15) is 24.2 Å². The van der Waals surface area contributed by atoms with Crippen LogP contribution in [-0.4, -0.2) is 51.9 Å². The predicted molar refractivity (Wildman–Crippen MR) is 89.1 cm³/mol. The van der Waals surface area contributed by atoms with Crippen LogP contribution in [0.1, 0.15) is 19.3 Å². The van der Waals surface area contributed by atoms with E-state index in [9.17, 15) is 4.79 Å². The van der Waals surface area contributed by atoms with Gasteiger partial charge in [-0.2, -0.15) is 5.26 Å². The zero-order chi connectivity index (χ0) is 16.7. The van der Waals surface area contributed by atoms with Crippen molar-refractivity contribution in [3.05, 3.63) is 18.6 Å². The number of hydrogen-bond donors (Lipinski definition) is 1. The molecule has 3 heterocycles. The van der Waals surface area contributed by atoms with Crippen LogP contribution in [0.2, 0.25) is 0 Å². The molecular weight excluding hydrogens is 304 g/mol. The standard InChI is InChI=1S/C17H20N6O/c1-22(17-14-3-5-19-16(14)20-10-21-17)13-6-11-8-23(9-12(11)7-13)15(24)2-4-18/h3,5,10-13H,2,6-9H2,1H3,(H,19,20,21)/t11-,12+,13?. The van der Waals surface area contributed by atoms with E-state index in [1.165, 1.54) is 0 Å². The van der Waals surface area contributed by atoms with Crippen molar-refractivity contribution in [3.8, 4) is 6.07 Å². The van der Waals surface area contributed by atoms with Crippen LogP contribution in [0.5, 0.6) is 0 Å². The lowest BCUT2D eigenvalue weighted by Gasteiger charge is -2.27. The Bertz CT molecular complexity index is 795. The van der Waals surface area contributed by atoms with E-state index in [1.807, 2.05) is 23.2 Å². The largest absolute Gasteiger partial charge is 0.356 e. The van der Waals surface area contributed by atoms with Crippen LogP contribution in [0, 0.1) is 23.2 Å². The fourth-order valence-corrected chi connectivity index (χ4v) is 4.28. The zero-order valence-corrected chi connectivity index (χ0v) is 13.6. The maximum Gasteiger partial charge on any atom is 0.236 e. The second-order valence-electron chi connectivity index (χ2n) is 6.83. The minimum atomic E-state index is -0.0263. The second-order valence-corrected chi connectivity index (χ2v) is 6.83. The van der Waals surface area contributed by atoms with E-state index < -0.39 is 0 Å². The number of aromatic amines is 1. The molecule has 4 rings (SSSR count). The molecule has 2 fully saturated rings. The third-order valence-electron chi connectivity index (χ3n) is 5.52. The first-order valence-corrected chi connectivity index (χ1v) is 8.33. The molecule has 24 heavy (non-hydrogen) atoms. The smallest absolute Gasteiger partial charge is 0.236 e. The van der Waals surface area contributed by atoms with Gasteiger partial charge in [-0.25, -0.2) is 9.97 Å². The number of nitriles is 1. The highest BCUT2D eigenvalue weighted by Crippen LogP contribution is 2.41. The van der Waals surface area contributed by atoms with Crippen LogP contribution in [0.15, 0.2) is 18.6 Å². The third kappa shape index (κ3) is 2.39. The molecule has 0 bridgehead atoms. The molecule has 2 aromatic rings. The molecule has 1 unspecified atom stereocenters. The van der Waals surface area contributed by atoms with Gasteiger partial charge in [-0.15, -0.1) is 0 Å². The molecule has 0 spiro atoms. The lowest BCUT2D eigenvalue weighted by molar-refractivity contribution is -0.129. The van der Waals surface area contributed by atoms with E-state index in [0.717, 1.165) is 42.8 Å². The number of amides is 1. The Morgan fingerprint density at radius 2 is 2.17 bits per heavy atom. The van der Waals surface area contributed by atoms with Gasteiger partial charge < -0.3 is 14.8 Å². The number of H-pyrrole nitrogens is 1. The Morgan fingerprint density at radius 3 is 2.88 bits per heavy atom. The molecule has 7 nitrogen and oxygen atoms in total. The molecule has 0 radical (unpaired) electrons. The first-order chi connectivity index (χ1) is 11.7. The Balaban J connectivity index is 1.46. The summed E-state index contributed by atoms with van der Waals surface area (Å²) in [7, 11) is 2.10. The number of carbonyl (C=O) groups excluding carboxylic acids is 1. The van der Waals surface area contributed by atoms with Crippen LogP contribution in [-0.2, 0) is 4.79 Å². The van der Waals surface area contributed by atoms with Crippen molar-refractivity contribution in [3.63, 3.8) is 0 Å². The van der Waals surface area contributed by atoms with Gasteiger partial charge >= 0.3 is 0 Å². The predicted octanol–water partition coefficient (Wildman–Crippen LogP) is 1.54. The molecule has 1 saturated heterocycles. The summed E-state index contributed by atoms with van der Waals surface area (Å²) < 4.78 is 0. The second kappa shape index (κ2) is 5.78. The summed E-state index contributed by atoms with van der Waals surface area (Å²) in [4.78, 5) is 27.9. The lowest BCUT2D eigenvalue weighted by Crippen LogP contribution is -2.34. The first kappa shape index (κ1) is 14.9. The number of rotatable bonds is 3. The molecule has 1 saturated carbocycles. The van der Waals surface area contributed by atoms with Crippen molar-refractivity contribution in [2.75, 3.05) is 25.0 Å². The van der Waals surface area contributed by atoms with Gasteiger partial charge in [0, 0.05) is 32.4 Å². The third-order valence-corrected chi connectivity index (χ3v) is 5.52.